The molecule has 3 amide bonds. The van der Waals surface area contributed by atoms with E-state index in [1.807, 2.05) is 6.19 Å². The highest BCUT2D eigenvalue weighted by Gasteiger charge is 2.60. The summed E-state index contributed by atoms with van der Waals surface area (Å²) in [4.78, 5) is 48.4. The number of carbonyl (C=O) groups excluding carboxylic acids is 3. The molecule has 44 heavy (non-hydrogen) atoms. The predicted molar refractivity (Wildman–Crippen MR) is 157 cm³/mol. The zero-order chi connectivity index (χ0) is 32.2. The van der Waals surface area contributed by atoms with E-state index >= 15 is 4.39 Å². The maximum atomic E-state index is 15.4. The minimum Gasteiger partial charge on any atom is -0.444 e. The van der Waals surface area contributed by atoms with Crippen LogP contribution in [-0.2, 0) is 29.6 Å². The fourth-order valence-corrected chi connectivity index (χ4v) is 7.99. The number of halogens is 3. The van der Waals surface area contributed by atoms with Gasteiger partial charge in [0, 0.05) is 31.9 Å². The first kappa shape index (κ1) is 31.9. The van der Waals surface area contributed by atoms with E-state index in [9.17, 15) is 28.1 Å². The molecular weight excluding hydrogens is 636 g/mol. The lowest BCUT2D eigenvalue weighted by Crippen LogP contribution is -2.69. The van der Waals surface area contributed by atoms with Crippen molar-refractivity contribution in [1.29, 1.82) is 5.26 Å². The first-order valence-electron chi connectivity index (χ1n) is 13.9. The lowest BCUT2D eigenvalue weighted by Gasteiger charge is -2.49. The number of benzene rings is 1. The molecule has 1 aromatic carbocycles. The highest BCUT2D eigenvalue weighted by Crippen LogP contribution is 2.42. The molecule has 5 rings (SSSR count). The number of ether oxygens (including phenoxy) is 1. The van der Waals surface area contributed by atoms with Gasteiger partial charge in [0.25, 0.3) is 5.91 Å². The smallest absolute Gasteiger partial charge is 0.410 e. The van der Waals surface area contributed by atoms with Gasteiger partial charge >= 0.3 is 6.09 Å². The second kappa shape index (κ2) is 11.5. The summed E-state index contributed by atoms with van der Waals surface area (Å²) in [6.45, 7) is 3.88. The van der Waals surface area contributed by atoms with E-state index in [4.69, 9.17) is 27.9 Å². The molecule has 1 aliphatic carbocycles. The van der Waals surface area contributed by atoms with Gasteiger partial charge in [0.15, 0.2) is 16.0 Å². The summed E-state index contributed by atoms with van der Waals surface area (Å²) in [5.74, 6) is -2.45. The third-order valence-corrected chi connectivity index (χ3v) is 10.7. The highest BCUT2D eigenvalue weighted by atomic mass is 35.5. The number of nitrogens with zero attached hydrogens (tertiary/aromatic N) is 5. The van der Waals surface area contributed by atoms with E-state index in [0.29, 0.717) is 12.8 Å². The molecule has 2 aliphatic heterocycles. The summed E-state index contributed by atoms with van der Waals surface area (Å²) < 4.78 is 48.4. The maximum Gasteiger partial charge on any atom is 0.410 e. The van der Waals surface area contributed by atoms with Crippen molar-refractivity contribution in [2.45, 2.75) is 73.3 Å². The van der Waals surface area contributed by atoms with Crippen LogP contribution >= 0.6 is 23.2 Å². The number of likely N-dealkylation sites (tertiary alicyclic amines) is 2. The normalized spacial score (nSPS) is 21.3. The molecule has 234 valence electrons. The Morgan fingerprint density at radius 3 is 2.41 bits per heavy atom. The van der Waals surface area contributed by atoms with Gasteiger partial charge in [-0.2, -0.15) is 5.26 Å². The number of aromatic nitrogens is 1. The van der Waals surface area contributed by atoms with E-state index in [1.165, 1.54) is 23.1 Å². The van der Waals surface area contributed by atoms with Crippen molar-refractivity contribution < 1.29 is 31.9 Å². The molecule has 2 aromatic rings. The van der Waals surface area contributed by atoms with Gasteiger partial charge in [-0.05, 0) is 58.2 Å². The predicted octanol–water partition coefficient (Wildman–Crippen LogP) is 3.93. The lowest BCUT2D eigenvalue weighted by atomic mass is 9.74. The van der Waals surface area contributed by atoms with Gasteiger partial charge in [0.2, 0.25) is 5.91 Å². The molecule has 3 fully saturated rings. The van der Waals surface area contributed by atoms with Crippen LogP contribution in [0, 0.1) is 17.3 Å². The fourth-order valence-electron chi connectivity index (χ4n) is 5.63. The van der Waals surface area contributed by atoms with Crippen molar-refractivity contribution >= 4 is 50.9 Å². The molecule has 1 aromatic heterocycles. The molecule has 1 saturated carbocycles. The number of carbonyl (C=O) groups is 3. The Balaban J connectivity index is 1.55. The van der Waals surface area contributed by atoms with Crippen molar-refractivity contribution in [3.8, 4) is 6.19 Å². The minimum absolute atomic E-state index is 0.0207. The summed E-state index contributed by atoms with van der Waals surface area (Å²) >= 11 is 12.2. The summed E-state index contributed by atoms with van der Waals surface area (Å²) in [7, 11) is -4.17. The Bertz CT molecular complexity index is 1670. The van der Waals surface area contributed by atoms with Crippen LogP contribution in [0.3, 0.4) is 0 Å². The third kappa shape index (κ3) is 5.82. The average molecular weight is 667 g/mol. The Morgan fingerprint density at radius 2 is 1.84 bits per heavy atom. The van der Waals surface area contributed by atoms with Crippen LogP contribution < -0.4 is 0 Å². The summed E-state index contributed by atoms with van der Waals surface area (Å²) in [5.41, 5.74) is -2.95. The lowest BCUT2D eigenvalue weighted by molar-refractivity contribution is -0.151. The van der Waals surface area contributed by atoms with Gasteiger partial charge in [-0.1, -0.05) is 35.3 Å². The number of rotatable bonds is 6. The fraction of sp³-hybridized carbons (Fsp3) is 0.483. The van der Waals surface area contributed by atoms with Gasteiger partial charge in [-0.25, -0.2) is 22.5 Å². The van der Waals surface area contributed by atoms with Crippen LogP contribution in [0.15, 0.2) is 41.4 Å². The largest absolute Gasteiger partial charge is 0.444 e. The zero-order valence-corrected chi connectivity index (χ0v) is 26.5. The number of hydrogen-bond acceptors (Lipinski definition) is 8. The number of hydrogen-bond donors (Lipinski definition) is 0. The molecule has 0 bridgehead atoms. The van der Waals surface area contributed by atoms with E-state index < -0.39 is 62.4 Å². The van der Waals surface area contributed by atoms with Crippen molar-refractivity contribution in [3.05, 3.63) is 58.1 Å². The first-order chi connectivity index (χ1) is 20.6. The molecular formula is C29H30Cl2FN5O6S. The van der Waals surface area contributed by atoms with Crippen molar-refractivity contribution in [1.82, 2.24) is 19.7 Å². The van der Waals surface area contributed by atoms with Crippen LogP contribution in [0.25, 0.3) is 0 Å². The number of amides is 3. The number of pyridine rings is 1. The molecule has 0 unspecified atom stereocenters. The molecule has 0 radical (unpaired) electrons. The Hall–Kier alpha value is -3.47. The van der Waals surface area contributed by atoms with Gasteiger partial charge in [-0.15, -0.1) is 0 Å². The van der Waals surface area contributed by atoms with Gasteiger partial charge in [0.05, 0.1) is 25.9 Å². The highest BCUT2D eigenvalue weighted by molar-refractivity contribution is 7.92. The van der Waals surface area contributed by atoms with Crippen LogP contribution in [0.1, 0.15) is 45.7 Å². The number of nitriles is 1. The monoisotopic (exact) mass is 665 g/mol. The standard InChI is InChI=1S/C29H30Cl2FN5O6S/c1-28(2,3)43-27(40)35-14-29(15-35,24-21(32)10-17(30)12-34-24)26(39)36-13-19(44(41,42)23-7-5-4-6-20(23)31)11-22(36)25(38)37(16-33)18-8-9-18/h4-7,10,12,18-19,22H,8-9,11,13-15H2,1-3H3/t19-,22+/m1/s1. The zero-order valence-electron chi connectivity index (χ0n) is 24.2. The molecule has 15 heteroatoms. The van der Waals surface area contributed by atoms with Crippen LogP contribution in [0.4, 0.5) is 9.18 Å². The van der Waals surface area contributed by atoms with Crippen molar-refractivity contribution in [3.63, 3.8) is 0 Å². The summed E-state index contributed by atoms with van der Waals surface area (Å²) in [6.07, 6.45) is 3.16. The van der Waals surface area contributed by atoms with E-state index in [1.54, 1.807) is 26.8 Å². The molecule has 0 N–H and O–H groups in total. The quantitative estimate of drug-likeness (QED) is 0.334. The molecule has 2 atom stereocenters. The maximum absolute atomic E-state index is 15.4. The van der Waals surface area contributed by atoms with Gasteiger partial charge in [-0.3, -0.25) is 14.6 Å². The molecule has 3 heterocycles. The van der Waals surface area contributed by atoms with Crippen molar-refractivity contribution in [2.75, 3.05) is 19.6 Å². The SMILES string of the molecule is CC(C)(C)OC(=O)N1CC(C(=O)N2C[C@H](S(=O)(=O)c3ccccc3Cl)C[C@H]2C(=O)N(C#N)C2CC2)(c2ncc(Cl)cc2F)C1. The van der Waals surface area contributed by atoms with Crippen LogP contribution in [-0.4, -0.2) is 88.6 Å². The molecule has 0 spiro atoms. The Kier molecular flexibility index (Phi) is 8.33. The van der Waals surface area contributed by atoms with Crippen molar-refractivity contribution in [2.24, 2.45) is 0 Å². The van der Waals surface area contributed by atoms with Gasteiger partial charge in [0.1, 0.15) is 22.9 Å². The molecule has 3 aliphatic rings. The Labute approximate surface area is 264 Å². The summed E-state index contributed by atoms with van der Waals surface area (Å²) in [5, 5.41) is 8.46. The van der Waals surface area contributed by atoms with E-state index in [2.05, 4.69) is 4.98 Å². The first-order valence-corrected chi connectivity index (χ1v) is 16.2. The van der Waals surface area contributed by atoms with Crippen LogP contribution in [0.2, 0.25) is 10.0 Å². The van der Waals surface area contributed by atoms with E-state index in [0.717, 1.165) is 22.1 Å². The van der Waals surface area contributed by atoms with Gasteiger partial charge < -0.3 is 14.5 Å². The van der Waals surface area contributed by atoms with E-state index in [-0.39, 0.29) is 46.2 Å². The Morgan fingerprint density at radius 1 is 1.18 bits per heavy atom. The topological polar surface area (TPSA) is 141 Å². The minimum atomic E-state index is -4.17. The van der Waals surface area contributed by atoms with Crippen LogP contribution in [0.5, 0.6) is 0 Å². The molecule has 11 nitrogen and oxygen atoms in total. The molecule has 2 saturated heterocycles. The second-order valence-corrected chi connectivity index (χ2v) is 15.3. The average Bonchev–Trinajstić information content (AvgIpc) is 3.64. The number of sulfone groups is 1. The summed E-state index contributed by atoms with van der Waals surface area (Å²) in [6, 6.07) is 5.12. The second-order valence-electron chi connectivity index (χ2n) is 12.2. The third-order valence-electron chi connectivity index (χ3n) is 7.89.